The molecule has 1 aromatic rings. The van der Waals surface area contributed by atoms with Crippen molar-refractivity contribution in [2.24, 2.45) is 0 Å². The molecule has 0 heterocycles. The predicted molar refractivity (Wildman–Crippen MR) is 50.1 cm³/mol. The SMILES string of the molecule is N#Cc1ccc(S)c([N+](=O)[O-])c1C(F)(F)F. The number of alkyl halides is 3. The molecule has 0 bridgehead atoms. The Hall–Kier alpha value is -1.75. The third kappa shape index (κ3) is 2.09. The van der Waals surface area contributed by atoms with Gasteiger partial charge in [-0.05, 0) is 12.1 Å². The van der Waals surface area contributed by atoms with Gasteiger partial charge in [0.25, 0.3) is 5.69 Å². The molecule has 4 nitrogen and oxygen atoms in total. The van der Waals surface area contributed by atoms with Gasteiger partial charge in [0.05, 0.1) is 15.4 Å². The Morgan fingerprint density at radius 2 is 2.00 bits per heavy atom. The van der Waals surface area contributed by atoms with Crippen molar-refractivity contribution in [1.29, 1.82) is 5.26 Å². The molecule has 0 atom stereocenters. The second kappa shape index (κ2) is 4.02. The van der Waals surface area contributed by atoms with Gasteiger partial charge in [-0.3, -0.25) is 10.1 Å². The number of nitro groups is 1. The smallest absolute Gasteiger partial charge is 0.258 e. The monoisotopic (exact) mass is 248 g/mol. The molecule has 8 heteroatoms. The van der Waals surface area contributed by atoms with Crippen LogP contribution in [0, 0.1) is 21.4 Å². The predicted octanol–water partition coefficient (Wildman–Crippen LogP) is 2.77. The van der Waals surface area contributed by atoms with E-state index < -0.39 is 32.8 Å². The molecule has 0 amide bonds. The van der Waals surface area contributed by atoms with Crippen LogP contribution >= 0.6 is 12.6 Å². The Morgan fingerprint density at radius 1 is 1.44 bits per heavy atom. The van der Waals surface area contributed by atoms with E-state index >= 15 is 0 Å². The van der Waals surface area contributed by atoms with Gasteiger partial charge in [0.1, 0.15) is 6.07 Å². The maximum absolute atomic E-state index is 12.5. The van der Waals surface area contributed by atoms with Crippen molar-refractivity contribution in [2.75, 3.05) is 0 Å². The van der Waals surface area contributed by atoms with E-state index in [4.69, 9.17) is 5.26 Å². The molecule has 0 unspecified atom stereocenters. The summed E-state index contributed by atoms with van der Waals surface area (Å²) in [5.74, 6) is 0. The Bertz CT molecular complexity index is 493. The second-order valence-electron chi connectivity index (χ2n) is 2.72. The lowest BCUT2D eigenvalue weighted by Gasteiger charge is -2.10. The Morgan fingerprint density at radius 3 is 2.38 bits per heavy atom. The molecule has 0 saturated heterocycles. The number of benzene rings is 1. The number of halogens is 3. The summed E-state index contributed by atoms with van der Waals surface area (Å²) in [4.78, 5) is 8.87. The fraction of sp³-hybridized carbons (Fsp3) is 0.125. The van der Waals surface area contributed by atoms with Gasteiger partial charge in [-0.15, -0.1) is 12.6 Å². The van der Waals surface area contributed by atoms with Crippen LogP contribution in [0.15, 0.2) is 17.0 Å². The summed E-state index contributed by atoms with van der Waals surface area (Å²) in [6, 6.07) is 3.09. The number of rotatable bonds is 1. The molecule has 0 N–H and O–H groups in total. The van der Waals surface area contributed by atoms with Crippen molar-refractivity contribution in [3.8, 4) is 6.07 Å². The highest BCUT2D eigenvalue weighted by molar-refractivity contribution is 7.80. The number of nitro benzene ring substituents is 1. The van der Waals surface area contributed by atoms with Crippen LogP contribution in [-0.2, 0) is 6.18 Å². The molecule has 0 aromatic heterocycles. The largest absolute Gasteiger partial charge is 0.424 e. The molecule has 84 valence electrons. The molecular formula is C8H3F3N2O2S. The van der Waals surface area contributed by atoms with Crippen LogP contribution in [0.2, 0.25) is 0 Å². The van der Waals surface area contributed by atoms with Crippen molar-refractivity contribution in [1.82, 2.24) is 0 Å². The summed E-state index contributed by atoms with van der Waals surface area (Å²) < 4.78 is 37.6. The van der Waals surface area contributed by atoms with E-state index in [2.05, 4.69) is 12.6 Å². The number of nitrogens with zero attached hydrogens (tertiary/aromatic N) is 2. The van der Waals surface area contributed by atoms with Crippen LogP contribution in [0.4, 0.5) is 18.9 Å². The molecule has 0 aliphatic heterocycles. The normalized spacial score (nSPS) is 10.9. The van der Waals surface area contributed by atoms with Gasteiger partial charge in [-0.2, -0.15) is 18.4 Å². The van der Waals surface area contributed by atoms with E-state index in [0.29, 0.717) is 0 Å². The Labute approximate surface area is 92.9 Å². The summed E-state index contributed by atoms with van der Waals surface area (Å²) in [5, 5.41) is 19.0. The van der Waals surface area contributed by atoms with Crippen LogP contribution in [0.5, 0.6) is 0 Å². The van der Waals surface area contributed by atoms with Crippen LogP contribution < -0.4 is 0 Å². The maximum Gasteiger partial charge on any atom is 0.424 e. The lowest BCUT2D eigenvalue weighted by molar-refractivity contribution is -0.391. The van der Waals surface area contributed by atoms with Gasteiger partial charge in [-0.1, -0.05) is 0 Å². The van der Waals surface area contributed by atoms with E-state index in [0.717, 1.165) is 12.1 Å². The van der Waals surface area contributed by atoms with Crippen molar-refractivity contribution < 1.29 is 18.1 Å². The molecule has 0 saturated carbocycles. The first-order valence-corrected chi connectivity index (χ1v) is 4.21. The first-order chi connectivity index (χ1) is 7.29. The molecule has 1 aromatic carbocycles. The summed E-state index contributed by atoms with van der Waals surface area (Å²) in [7, 11) is 0. The number of hydrogen-bond acceptors (Lipinski definition) is 4. The van der Waals surface area contributed by atoms with E-state index in [1.165, 1.54) is 6.07 Å². The van der Waals surface area contributed by atoms with Gasteiger partial charge >= 0.3 is 6.18 Å². The topological polar surface area (TPSA) is 66.9 Å². The van der Waals surface area contributed by atoms with Crippen molar-refractivity contribution in [2.45, 2.75) is 11.1 Å². The summed E-state index contributed by atoms with van der Waals surface area (Å²) in [5.41, 5.74) is -3.56. The highest BCUT2D eigenvalue weighted by Gasteiger charge is 2.42. The fourth-order valence-electron chi connectivity index (χ4n) is 1.15. The van der Waals surface area contributed by atoms with Crippen LogP contribution in [0.1, 0.15) is 11.1 Å². The standard InChI is InChI=1S/C8H3F3N2O2S/c9-8(10,11)6-4(3-12)1-2-5(16)7(6)13(14)15/h1-2,16H. The van der Waals surface area contributed by atoms with Gasteiger partial charge in [0.2, 0.25) is 0 Å². The highest BCUT2D eigenvalue weighted by atomic mass is 32.1. The average molecular weight is 248 g/mol. The Balaban J connectivity index is 3.71. The first-order valence-electron chi connectivity index (χ1n) is 3.76. The minimum atomic E-state index is -4.97. The summed E-state index contributed by atoms with van der Waals surface area (Å²) >= 11 is 3.57. The molecule has 0 fully saturated rings. The quantitative estimate of drug-likeness (QED) is 0.472. The van der Waals surface area contributed by atoms with Gasteiger partial charge in [0.15, 0.2) is 5.56 Å². The zero-order valence-electron chi connectivity index (χ0n) is 7.45. The van der Waals surface area contributed by atoms with Gasteiger partial charge in [-0.25, -0.2) is 0 Å². The van der Waals surface area contributed by atoms with Crippen LogP contribution in [-0.4, -0.2) is 4.92 Å². The number of nitriles is 1. The van der Waals surface area contributed by atoms with Crippen LogP contribution in [0.25, 0.3) is 0 Å². The third-order valence-electron chi connectivity index (χ3n) is 1.74. The molecule has 16 heavy (non-hydrogen) atoms. The second-order valence-corrected chi connectivity index (χ2v) is 3.20. The first kappa shape index (κ1) is 12.3. The van der Waals surface area contributed by atoms with Gasteiger partial charge < -0.3 is 0 Å². The van der Waals surface area contributed by atoms with Crippen molar-refractivity contribution in [3.63, 3.8) is 0 Å². The minimum Gasteiger partial charge on any atom is -0.258 e. The van der Waals surface area contributed by atoms with E-state index in [1.807, 2.05) is 0 Å². The molecule has 0 aliphatic carbocycles. The summed E-state index contributed by atoms with van der Waals surface area (Å²) in [6.07, 6.45) is -4.97. The third-order valence-corrected chi connectivity index (χ3v) is 2.10. The minimum absolute atomic E-state index is 0.434. The lowest BCUT2D eigenvalue weighted by atomic mass is 10.1. The maximum atomic E-state index is 12.5. The summed E-state index contributed by atoms with van der Waals surface area (Å²) in [6.45, 7) is 0. The number of hydrogen-bond donors (Lipinski definition) is 1. The lowest BCUT2D eigenvalue weighted by Crippen LogP contribution is -2.12. The molecule has 0 spiro atoms. The van der Waals surface area contributed by atoms with Crippen molar-refractivity contribution in [3.05, 3.63) is 33.4 Å². The zero-order chi connectivity index (χ0) is 12.5. The van der Waals surface area contributed by atoms with Crippen molar-refractivity contribution >= 4 is 18.3 Å². The molecule has 0 radical (unpaired) electrons. The zero-order valence-corrected chi connectivity index (χ0v) is 8.34. The van der Waals surface area contributed by atoms with Gasteiger partial charge in [0, 0.05) is 0 Å². The van der Waals surface area contributed by atoms with E-state index in [9.17, 15) is 23.3 Å². The average Bonchev–Trinajstić information content (AvgIpc) is 2.15. The fourth-order valence-corrected chi connectivity index (χ4v) is 1.41. The van der Waals surface area contributed by atoms with E-state index in [-0.39, 0.29) is 0 Å². The van der Waals surface area contributed by atoms with Crippen LogP contribution in [0.3, 0.4) is 0 Å². The van der Waals surface area contributed by atoms with E-state index in [1.54, 1.807) is 0 Å². The molecule has 1 rings (SSSR count). The molecular weight excluding hydrogens is 245 g/mol. The highest BCUT2D eigenvalue weighted by Crippen LogP contribution is 2.41. The molecule has 0 aliphatic rings. The Kier molecular flexibility index (Phi) is 3.09. The number of thiol groups is 1.